The minimum Gasteiger partial charge on any atom is -0.305 e. The van der Waals surface area contributed by atoms with Gasteiger partial charge in [0, 0.05) is 23.3 Å². The fraction of sp³-hybridized carbons (Fsp3) is 0. The first-order valence-corrected chi connectivity index (χ1v) is 21.0. The second-order valence-corrected chi connectivity index (χ2v) is 15.5. The Morgan fingerprint density at radius 3 is 1.56 bits per heavy atom. The summed E-state index contributed by atoms with van der Waals surface area (Å²) in [5.41, 5.74) is 15.1. The molecule has 0 unspecified atom stereocenters. The van der Waals surface area contributed by atoms with Crippen LogP contribution in [0, 0.1) is 18.2 Å². The van der Waals surface area contributed by atoms with E-state index in [1.54, 1.807) is 0 Å². The predicted octanol–water partition coefficient (Wildman–Crippen LogP) is 15.0. The minimum absolute atomic E-state index is 0. The molecule has 0 radical (unpaired) electrons. The van der Waals surface area contributed by atoms with Gasteiger partial charge in [-0.1, -0.05) is 127 Å². The summed E-state index contributed by atoms with van der Waals surface area (Å²) in [6.07, 6.45) is 5.53. The van der Waals surface area contributed by atoms with Gasteiger partial charge < -0.3 is 15.0 Å². The summed E-state index contributed by atoms with van der Waals surface area (Å²) in [6.45, 7) is 0. The Kier molecular flexibility index (Phi) is 12.1. The molecular formula is C57H36IrN3S. The van der Waals surface area contributed by atoms with E-state index in [2.05, 4.69) is 161 Å². The van der Waals surface area contributed by atoms with Crippen LogP contribution in [-0.4, -0.2) is 15.0 Å². The fourth-order valence-electron chi connectivity index (χ4n) is 7.89. The van der Waals surface area contributed by atoms with Crippen LogP contribution in [0.3, 0.4) is 0 Å². The standard InChI is InChI=1S/C40H26N2.C17H10NS.Ir/c1-2-13-29(14-3-1)40-28-31(24-26-42-40)34-18-5-7-20-36(34)38-22-9-8-21-37(38)35-19-6-4-17-33(35)30-15-12-16-32(27-30)39-23-10-11-25-41-39;1-2-10-16-12(6-1)13-7-5-8-14(17(13)19-16)15-9-3-4-11-18-15;/h1-13,15,17-28H;1-7,9-11H;/q-2;-1;+3. The molecular weight excluding hydrogens is 951 g/mol. The fourth-order valence-corrected chi connectivity index (χ4v) is 9.09. The summed E-state index contributed by atoms with van der Waals surface area (Å²) in [5, 5.41) is 2.61. The number of hydrogen-bond donors (Lipinski definition) is 0. The first-order chi connectivity index (χ1) is 30.3. The van der Waals surface area contributed by atoms with Gasteiger partial charge in [0.15, 0.2) is 0 Å². The van der Waals surface area contributed by atoms with Crippen LogP contribution in [0.4, 0.5) is 0 Å². The third-order valence-corrected chi connectivity index (χ3v) is 11.9. The molecule has 0 fully saturated rings. The van der Waals surface area contributed by atoms with Gasteiger partial charge in [0.1, 0.15) is 0 Å². The van der Waals surface area contributed by atoms with Crippen LogP contribution in [0.15, 0.2) is 219 Å². The van der Waals surface area contributed by atoms with Crippen molar-refractivity contribution in [3.8, 4) is 78.3 Å². The molecule has 0 atom stereocenters. The maximum atomic E-state index is 4.64. The van der Waals surface area contributed by atoms with Crippen molar-refractivity contribution in [3.05, 3.63) is 237 Å². The minimum atomic E-state index is 0. The Morgan fingerprint density at radius 2 is 0.903 bits per heavy atom. The molecule has 0 aliphatic heterocycles. The van der Waals surface area contributed by atoms with E-state index in [0.29, 0.717) is 0 Å². The topological polar surface area (TPSA) is 38.7 Å². The van der Waals surface area contributed by atoms with Crippen LogP contribution in [0.25, 0.3) is 98.5 Å². The van der Waals surface area contributed by atoms with E-state index in [1.165, 1.54) is 48.0 Å². The Hall–Kier alpha value is -7.14. The molecule has 11 rings (SSSR count). The third kappa shape index (κ3) is 8.30. The van der Waals surface area contributed by atoms with Crippen LogP contribution in [0.2, 0.25) is 0 Å². The van der Waals surface area contributed by atoms with Gasteiger partial charge in [0.05, 0.1) is 0 Å². The SMILES string of the molecule is [Ir+3].[c-]1ccc2c(sc3ccccc32)c1-c1ccccn1.[c-]1ccccc1-c1cc(-c2ccccc2-c2ccccc2-c2ccccc2-c2cc[c-]c(-c3ccccn3)c2)ccn1. The van der Waals surface area contributed by atoms with E-state index in [1.807, 2.05) is 103 Å². The van der Waals surface area contributed by atoms with Gasteiger partial charge in [0.2, 0.25) is 0 Å². The number of thiophene rings is 1. The first-order valence-electron chi connectivity index (χ1n) is 20.2. The van der Waals surface area contributed by atoms with E-state index in [9.17, 15) is 0 Å². The number of rotatable bonds is 7. The molecule has 0 N–H and O–H groups in total. The first kappa shape index (κ1) is 40.3. The van der Waals surface area contributed by atoms with E-state index < -0.39 is 0 Å². The number of hydrogen-bond acceptors (Lipinski definition) is 4. The molecule has 4 aromatic heterocycles. The summed E-state index contributed by atoms with van der Waals surface area (Å²) in [6, 6.07) is 79.0. The number of pyridine rings is 3. The van der Waals surface area contributed by atoms with Gasteiger partial charge in [-0.3, -0.25) is 0 Å². The van der Waals surface area contributed by atoms with Crippen molar-refractivity contribution < 1.29 is 20.1 Å². The molecule has 5 heteroatoms. The molecule has 0 spiro atoms. The Bertz CT molecular complexity index is 3110. The smallest absolute Gasteiger partial charge is 0.305 e. The van der Waals surface area contributed by atoms with Crippen molar-refractivity contribution in [2.75, 3.05) is 0 Å². The van der Waals surface area contributed by atoms with Crippen molar-refractivity contribution in [3.63, 3.8) is 0 Å². The molecule has 0 bridgehead atoms. The van der Waals surface area contributed by atoms with Gasteiger partial charge in [-0.25, -0.2) is 0 Å². The Morgan fingerprint density at radius 1 is 0.355 bits per heavy atom. The number of aromatic nitrogens is 3. The van der Waals surface area contributed by atoms with Gasteiger partial charge in [0.25, 0.3) is 0 Å². The summed E-state index contributed by atoms with van der Waals surface area (Å²) in [4.78, 5) is 13.6. The molecule has 7 aromatic carbocycles. The van der Waals surface area contributed by atoms with Crippen LogP contribution in [-0.2, 0) is 20.1 Å². The number of fused-ring (bicyclic) bond motifs is 3. The maximum Gasteiger partial charge on any atom is 3.00 e. The summed E-state index contributed by atoms with van der Waals surface area (Å²) in [7, 11) is 0. The molecule has 0 aliphatic carbocycles. The monoisotopic (exact) mass is 987 g/mol. The Labute approximate surface area is 379 Å². The Balaban J connectivity index is 0.000000204. The largest absolute Gasteiger partial charge is 3.00 e. The molecule has 294 valence electrons. The van der Waals surface area contributed by atoms with E-state index in [0.717, 1.165) is 50.5 Å². The summed E-state index contributed by atoms with van der Waals surface area (Å²) < 4.78 is 2.58. The molecule has 0 aliphatic rings. The third-order valence-electron chi connectivity index (χ3n) is 10.7. The van der Waals surface area contributed by atoms with Crippen LogP contribution >= 0.6 is 11.3 Å². The summed E-state index contributed by atoms with van der Waals surface area (Å²) in [5.74, 6) is 0. The van der Waals surface area contributed by atoms with Crippen molar-refractivity contribution in [1.82, 2.24) is 15.0 Å². The normalized spacial score (nSPS) is 10.8. The maximum absolute atomic E-state index is 4.64. The average Bonchev–Trinajstić information content (AvgIpc) is 3.74. The van der Waals surface area contributed by atoms with E-state index in [-0.39, 0.29) is 20.1 Å². The predicted molar refractivity (Wildman–Crippen MR) is 254 cm³/mol. The van der Waals surface area contributed by atoms with Gasteiger partial charge >= 0.3 is 20.1 Å². The van der Waals surface area contributed by atoms with Crippen LogP contribution in [0.1, 0.15) is 0 Å². The molecule has 4 heterocycles. The zero-order chi connectivity index (χ0) is 40.8. The second kappa shape index (κ2) is 18.6. The van der Waals surface area contributed by atoms with Crippen molar-refractivity contribution in [2.24, 2.45) is 0 Å². The average molecular weight is 987 g/mol. The van der Waals surface area contributed by atoms with Gasteiger partial charge in [-0.15, -0.1) is 95.1 Å². The van der Waals surface area contributed by atoms with Crippen molar-refractivity contribution in [2.45, 2.75) is 0 Å². The summed E-state index contributed by atoms with van der Waals surface area (Å²) >= 11 is 1.81. The number of nitrogens with zero attached hydrogens (tertiary/aromatic N) is 3. The zero-order valence-electron chi connectivity index (χ0n) is 33.4. The van der Waals surface area contributed by atoms with E-state index >= 15 is 0 Å². The quantitative estimate of drug-likeness (QED) is 0.149. The molecule has 11 aromatic rings. The molecule has 0 saturated carbocycles. The van der Waals surface area contributed by atoms with E-state index in [4.69, 9.17) is 0 Å². The van der Waals surface area contributed by atoms with Gasteiger partial charge in [-0.2, -0.15) is 11.3 Å². The van der Waals surface area contributed by atoms with Gasteiger partial charge in [-0.05, 0) is 90.4 Å². The van der Waals surface area contributed by atoms with Crippen LogP contribution in [0.5, 0.6) is 0 Å². The molecule has 0 saturated heterocycles. The second-order valence-electron chi connectivity index (χ2n) is 14.5. The van der Waals surface area contributed by atoms with Crippen LogP contribution < -0.4 is 0 Å². The molecule has 62 heavy (non-hydrogen) atoms. The molecule has 0 amide bonds. The molecule has 3 nitrogen and oxygen atoms in total. The number of benzene rings is 7. The van der Waals surface area contributed by atoms with Crippen molar-refractivity contribution >= 4 is 31.5 Å². The van der Waals surface area contributed by atoms with Crippen molar-refractivity contribution in [1.29, 1.82) is 0 Å². The zero-order valence-corrected chi connectivity index (χ0v) is 36.6.